The molecule has 0 saturated heterocycles. The minimum Gasteiger partial charge on any atom is -0.449 e. The van der Waals surface area contributed by atoms with E-state index in [0.717, 1.165) is 0 Å². The largest absolute Gasteiger partial charge is 0.449 e. The van der Waals surface area contributed by atoms with Crippen molar-refractivity contribution in [3.8, 4) is 0 Å². The Hall–Kier alpha value is -1.93. The highest BCUT2D eigenvalue weighted by molar-refractivity contribution is 7.89. The van der Waals surface area contributed by atoms with E-state index in [-0.39, 0.29) is 35.0 Å². The highest BCUT2D eigenvalue weighted by atomic mass is 32.2. The summed E-state index contributed by atoms with van der Waals surface area (Å²) in [5.41, 5.74) is 0.181. The van der Waals surface area contributed by atoms with Crippen molar-refractivity contribution in [3.63, 3.8) is 0 Å². The summed E-state index contributed by atoms with van der Waals surface area (Å²) in [6.45, 7) is 11.1. The molecule has 0 heterocycles. The van der Waals surface area contributed by atoms with Crippen LogP contribution in [0, 0.1) is 0 Å². The number of nitrogens with zero attached hydrogens (tertiary/aromatic N) is 1. The predicted octanol–water partition coefficient (Wildman–Crippen LogP) is 2.18. The van der Waals surface area contributed by atoms with Gasteiger partial charge in [0.15, 0.2) is 6.10 Å². The van der Waals surface area contributed by atoms with E-state index in [0.29, 0.717) is 0 Å². The molecule has 1 N–H and O–H groups in total. The molecule has 0 saturated carbocycles. The van der Waals surface area contributed by atoms with Crippen LogP contribution >= 0.6 is 0 Å². The number of amides is 1. The molecular formula is C18H28N2O5S. The van der Waals surface area contributed by atoms with Gasteiger partial charge in [-0.05, 0) is 58.9 Å². The monoisotopic (exact) mass is 384 g/mol. The van der Waals surface area contributed by atoms with Gasteiger partial charge in [-0.15, -0.1) is 0 Å². The summed E-state index contributed by atoms with van der Waals surface area (Å²) in [5, 5.41) is 0. The molecule has 8 heteroatoms. The molecule has 0 fully saturated rings. The van der Waals surface area contributed by atoms with E-state index in [4.69, 9.17) is 4.74 Å². The van der Waals surface area contributed by atoms with Crippen molar-refractivity contribution in [3.05, 3.63) is 29.8 Å². The first-order valence-electron chi connectivity index (χ1n) is 8.64. The van der Waals surface area contributed by atoms with Crippen molar-refractivity contribution >= 4 is 21.9 Å². The second-order valence-electron chi connectivity index (χ2n) is 6.51. The summed E-state index contributed by atoms with van der Waals surface area (Å²) in [4.78, 5) is 26.5. The van der Waals surface area contributed by atoms with Gasteiger partial charge in [0, 0.05) is 18.6 Å². The van der Waals surface area contributed by atoms with Gasteiger partial charge < -0.3 is 9.64 Å². The Kier molecular flexibility index (Phi) is 7.77. The Labute approximate surface area is 155 Å². The number of hydrogen-bond donors (Lipinski definition) is 1. The van der Waals surface area contributed by atoms with Crippen molar-refractivity contribution in [2.45, 2.75) is 64.6 Å². The summed E-state index contributed by atoms with van der Waals surface area (Å²) in [5.74, 6) is -0.944. The first kappa shape index (κ1) is 22.1. The Morgan fingerprint density at radius 1 is 1.04 bits per heavy atom. The number of hydrogen-bond acceptors (Lipinski definition) is 5. The third-order valence-electron chi connectivity index (χ3n) is 3.73. The number of benzene rings is 1. The van der Waals surface area contributed by atoms with Crippen LogP contribution < -0.4 is 4.72 Å². The van der Waals surface area contributed by atoms with Gasteiger partial charge in [0.2, 0.25) is 10.0 Å². The molecule has 1 rings (SSSR count). The molecule has 0 unspecified atom stereocenters. The summed E-state index contributed by atoms with van der Waals surface area (Å²) < 4.78 is 31.4. The van der Waals surface area contributed by atoms with E-state index in [2.05, 4.69) is 4.72 Å². The molecule has 0 radical (unpaired) electrons. The van der Waals surface area contributed by atoms with E-state index in [1.165, 1.54) is 31.2 Å². The molecule has 0 aliphatic carbocycles. The fraction of sp³-hybridized carbons (Fsp3) is 0.556. The molecule has 0 aliphatic heterocycles. The van der Waals surface area contributed by atoms with Crippen LogP contribution in [0.15, 0.2) is 29.2 Å². The first-order chi connectivity index (χ1) is 12.0. The third-order valence-corrected chi connectivity index (χ3v) is 5.29. The van der Waals surface area contributed by atoms with Crippen LogP contribution in [0.1, 0.15) is 51.9 Å². The minimum absolute atomic E-state index is 0.0146. The molecule has 146 valence electrons. The Morgan fingerprint density at radius 2 is 1.54 bits per heavy atom. The second kappa shape index (κ2) is 9.14. The van der Waals surface area contributed by atoms with Crippen molar-refractivity contribution in [1.29, 1.82) is 0 Å². The van der Waals surface area contributed by atoms with Crippen LogP contribution in [0.2, 0.25) is 0 Å². The number of carbonyl (C=O) groups excluding carboxylic acids is 2. The quantitative estimate of drug-likeness (QED) is 0.694. The van der Waals surface area contributed by atoms with Crippen LogP contribution in [-0.4, -0.2) is 49.9 Å². The summed E-state index contributed by atoms with van der Waals surface area (Å²) in [7, 11) is -3.58. The van der Waals surface area contributed by atoms with Crippen molar-refractivity contribution in [1.82, 2.24) is 9.62 Å². The summed E-state index contributed by atoms with van der Waals surface area (Å²) >= 11 is 0. The highest BCUT2D eigenvalue weighted by Gasteiger charge is 2.28. The average Bonchev–Trinajstić information content (AvgIpc) is 2.54. The van der Waals surface area contributed by atoms with Gasteiger partial charge in [-0.1, -0.05) is 6.92 Å². The lowest BCUT2D eigenvalue weighted by Gasteiger charge is -2.32. The molecule has 1 atom stereocenters. The number of carbonyl (C=O) groups is 2. The normalized spacial score (nSPS) is 12.9. The zero-order valence-corrected chi connectivity index (χ0v) is 17.0. The number of rotatable bonds is 8. The summed E-state index contributed by atoms with van der Waals surface area (Å²) in [6.07, 6.45) is -0.933. The van der Waals surface area contributed by atoms with Gasteiger partial charge in [0.1, 0.15) is 0 Å². The van der Waals surface area contributed by atoms with Gasteiger partial charge in [-0.3, -0.25) is 4.79 Å². The lowest BCUT2D eigenvalue weighted by Crippen LogP contribution is -2.47. The Balaban J connectivity index is 2.86. The first-order valence-corrected chi connectivity index (χ1v) is 10.1. The number of nitrogens with one attached hydrogen (secondary N) is 1. The molecule has 26 heavy (non-hydrogen) atoms. The van der Waals surface area contributed by atoms with Gasteiger partial charge in [-0.2, -0.15) is 0 Å². The topological polar surface area (TPSA) is 92.8 Å². The van der Waals surface area contributed by atoms with Crippen molar-refractivity contribution in [2.24, 2.45) is 0 Å². The lowest BCUT2D eigenvalue weighted by molar-refractivity contribution is -0.143. The van der Waals surface area contributed by atoms with Gasteiger partial charge in [-0.25, -0.2) is 17.9 Å². The van der Waals surface area contributed by atoms with Gasteiger partial charge >= 0.3 is 5.97 Å². The highest BCUT2D eigenvalue weighted by Crippen LogP contribution is 2.14. The molecule has 0 bridgehead atoms. The third kappa shape index (κ3) is 5.54. The molecule has 0 aliphatic rings. The molecule has 1 aromatic carbocycles. The van der Waals surface area contributed by atoms with Gasteiger partial charge in [0.05, 0.1) is 10.5 Å². The number of ether oxygens (including phenoxy) is 1. The Bertz CT molecular complexity index is 718. The van der Waals surface area contributed by atoms with Crippen LogP contribution in [0.3, 0.4) is 0 Å². The standard InChI is InChI=1S/C18H28N2O5S/c1-7-19-26(23,24)16-10-8-15(9-11-16)18(22)25-14(6)17(21)20(12(2)3)13(4)5/h8-14,19H,7H2,1-6H3/t14-/m1/s1. The fourth-order valence-corrected chi connectivity index (χ4v) is 3.68. The van der Waals surface area contributed by atoms with E-state index < -0.39 is 22.1 Å². The van der Waals surface area contributed by atoms with Crippen LogP contribution in [-0.2, 0) is 19.6 Å². The maximum Gasteiger partial charge on any atom is 0.338 e. The van der Waals surface area contributed by atoms with Crippen molar-refractivity contribution < 1.29 is 22.7 Å². The van der Waals surface area contributed by atoms with E-state index in [1.807, 2.05) is 27.7 Å². The lowest BCUT2D eigenvalue weighted by atomic mass is 10.2. The van der Waals surface area contributed by atoms with E-state index in [1.54, 1.807) is 11.8 Å². The zero-order chi connectivity index (χ0) is 20.1. The molecule has 1 aromatic rings. The SMILES string of the molecule is CCNS(=O)(=O)c1ccc(C(=O)O[C@H](C)C(=O)N(C(C)C)C(C)C)cc1. The fourth-order valence-electron chi connectivity index (χ4n) is 2.64. The van der Waals surface area contributed by atoms with Crippen LogP contribution in [0.5, 0.6) is 0 Å². The van der Waals surface area contributed by atoms with Crippen molar-refractivity contribution in [2.75, 3.05) is 6.54 Å². The summed E-state index contributed by atoms with van der Waals surface area (Å²) in [6, 6.07) is 5.36. The number of esters is 1. The van der Waals surface area contributed by atoms with E-state index >= 15 is 0 Å². The van der Waals surface area contributed by atoms with Crippen LogP contribution in [0.4, 0.5) is 0 Å². The molecule has 0 aromatic heterocycles. The molecule has 0 spiro atoms. The second-order valence-corrected chi connectivity index (χ2v) is 8.27. The molecular weight excluding hydrogens is 356 g/mol. The van der Waals surface area contributed by atoms with E-state index in [9.17, 15) is 18.0 Å². The predicted molar refractivity (Wildman–Crippen MR) is 99.3 cm³/mol. The molecule has 7 nitrogen and oxygen atoms in total. The smallest absolute Gasteiger partial charge is 0.338 e. The van der Waals surface area contributed by atoms with Crippen LogP contribution in [0.25, 0.3) is 0 Å². The average molecular weight is 384 g/mol. The maximum absolute atomic E-state index is 12.5. The van der Waals surface area contributed by atoms with Gasteiger partial charge in [0.25, 0.3) is 5.91 Å². The molecule has 1 amide bonds. The zero-order valence-electron chi connectivity index (χ0n) is 16.1. The Morgan fingerprint density at radius 3 is 1.96 bits per heavy atom. The minimum atomic E-state index is -3.58. The maximum atomic E-state index is 12.5. The number of sulfonamides is 1.